The molecule has 0 heterocycles. The summed E-state index contributed by atoms with van der Waals surface area (Å²) in [6.07, 6.45) is -0.560. The van der Waals surface area contributed by atoms with Crippen molar-refractivity contribution in [2.24, 2.45) is 0 Å². The molecule has 18 heavy (non-hydrogen) atoms. The molecular weight excluding hydrogens is 261 g/mol. The number of phosphoric acid groups is 1. The lowest BCUT2D eigenvalue weighted by Crippen LogP contribution is -2.37. The fourth-order valence-corrected chi connectivity index (χ4v) is 1.32. The highest BCUT2D eigenvalue weighted by molar-refractivity contribution is 7.45. The Bertz CT molecular complexity index is 241. The third kappa shape index (κ3) is 18.4. The molecular formula is C10H26NO6P. The number of nitrogens with zero attached hydrogens (tertiary/aromatic N) is 1. The predicted molar refractivity (Wildman–Crippen MR) is 66.9 cm³/mol. The van der Waals surface area contributed by atoms with Crippen molar-refractivity contribution in [3.8, 4) is 0 Å². The molecule has 0 saturated heterocycles. The summed E-state index contributed by atoms with van der Waals surface area (Å²) in [5.74, 6) is 0. The Balaban J connectivity index is 0. The van der Waals surface area contributed by atoms with Gasteiger partial charge in [-0.1, -0.05) is 0 Å². The fraction of sp³-hybridized carbons (Fsp3) is 1.00. The summed E-state index contributed by atoms with van der Waals surface area (Å²) in [5.41, 5.74) is 0. The van der Waals surface area contributed by atoms with Crippen LogP contribution in [-0.2, 0) is 13.6 Å². The second kappa shape index (κ2) is 9.86. The minimum absolute atomic E-state index is 0.116. The molecule has 8 heteroatoms. The summed E-state index contributed by atoms with van der Waals surface area (Å²) < 4.78 is 20.6. The van der Waals surface area contributed by atoms with Gasteiger partial charge in [-0.05, 0) is 13.8 Å². The van der Waals surface area contributed by atoms with Gasteiger partial charge in [0, 0.05) is 0 Å². The molecule has 0 aromatic rings. The summed E-state index contributed by atoms with van der Waals surface area (Å²) in [4.78, 5) is 10.9. The third-order valence-electron chi connectivity index (χ3n) is 1.56. The molecule has 2 N–H and O–H groups in total. The van der Waals surface area contributed by atoms with Gasteiger partial charge in [0.25, 0.3) is 7.82 Å². The number of likely N-dealkylation sites (N-methyl/N-ethyl adjacent to an activating group) is 1. The van der Waals surface area contributed by atoms with Crippen LogP contribution < -0.4 is 4.89 Å². The van der Waals surface area contributed by atoms with E-state index in [2.05, 4.69) is 9.05 Å². The van der Waals surface area contributed by atoms with Crippen molar-refractivity contribution in [1.29, 1.82) is 0 Å². The van der Waals surface area contributed by atoms with Gasteiger partial charge in [0.2, 0.25) is 0 Å². The van der Waals surface area contributed by atoms with Gasteiger partial charge in [-0.3, -0.25) is 4.57 Å². The van der Waals surface area contributed by atoms with E-state index >= 15 is 0 Å². The van der Waals surface area contributed by atoms with Gasteiger partial charge in [0.15, 0.2) is 0 Å². The zero-order chi connectivity index (χ0) is 14.8. The molecule has 0 rings (SSSR count). The quantitative estimate of drug-likeness (QED) is 0.487. The topological polar surface area (TPSA) is 99.0 Å². The minimum atomic E-state index is -4.04. The molecule has 0 saturated carbocycles. The zero-order valence-electron chi connectivity index (χ0n) is 11.8. The highest BCUT2D eigenvalue weighted by Crippen LogP contribution is 2.37. The van der Waals surface area contributed by atoms with Crippen LogP contribution in [0.1, 0.15) is 13.8 Å². The summed E-state index contributed by atoms with van der Waals surface area (Å²) in [7, 11) is 1.84. The van der Waals surface area contributed by atoms with E-state index in [9.17, 15) is 9.46 Å². The van der Waals surface area contributed by atoms with Crippen LogP contribution >= 0.6 is 7.82 Å². The van der Waals surface area contributed by atoms with Crippen LogP contribution in [0.2, 0.25) is 0 Å². The monoisotopic (exact) mass is 287 g/mol. The maximum absolute atomic E-state index is 10.9. The number of aliphatic hydroxyl groups is 2. The molecule has 0 fully saturated rings. The molecule has 0 bridgehead atoms. The van der Waals surface area contributed by atoms with E-state index in [1.807, 2.05) is 21.1 Å². The SMILES string of the molecule is CC(O)CO.CCOP(=O)([O-])OCC[N+](C)(C)C. The number of hydrogen-bond donors (Lipinski definition) is 2. The van der Waals surface area contributed by atoms with Gasteiger partial charge >= 0.3 is 0 Å². The van der Waals surface area contributed by atoms with Crippen molar-refractivity contribution in [2.45, 2.75) is 20.0 Å². The molecule has 2 atom stereocenters. The standard InChI is InChI=1S/C7H18NO4P.C3H8O2/c1-5-11-13(9,10)12-7-6-8(2,3)4;1-3(5)2-4/h5-7H2,1-4H3;3-5H,2H2,1H3. The zero-order valence-corrected chi connectivity index (χ0v) is 12.7. The van der Waals surface area contributed by atoms with Crippen molar-refractivity contribution in [3.05, 3.63) is 0 Å². The molecule has 0 spiro atoms. The van der Waals surface area contributed by atoms with Crippen molar-refractivity contribution < 1.29 is 33.2 Å². The van der Waals surface area contributed by atoms with Crippen LogP contribution in [0.5, 0.6) is 0 Å². The third-order valence-corrected chi connectivity index (χ3v) is 2.64. The van der Waals surface area contributed by atoms with Crippen LogP contribution in [0.25, 0.3) is 0 Å². The van der Waals surface area contributed by atoms with Crippen molar-refractivity contribution >= 4 is 7.82 Å². The molecule has 0 aliphatic heterocycles. The van der Waals surface area contributed by atoms with E-state index in [1.165, 1.54) is 6.92 Å². The lowest BCUT2D eigenvalue weighted by molar-refractivity contribution is -0.870. The lowest BCUT2D eigenvalue weighted by Gasteiger charge is -2.26. The summed E-state index contributed by atoms with van der Waals surface area (Å²) >= 11 is 0. The maximum atomic E-state index is 10.9. The molecule has 7 nitrogen and oxygen atoms in total. The average molecular weight is 287 g/mol. The summed E-state index contributed by atoms with van der Waals surface area (Å²) in [6, 6.07) is 0. The maximum Gasteiger partial charge on any atom is 0.268 e. The number of quaternary nitrogens is 1. The van der Waals surface area contributed by atoms with E-state index in [4.69, 9.17) is 10.2 Å². The van der Waals surface area contributed by atoms with Gasteiger partial charge in [-0.2, -0.15) is 0 Å². The summed E-state index contributed by atoms with van der Waals surface area (Å²) in [5, 5.41) is 16.0. The Kier molecular flexibility index (Phi) is 11.1. The Hall–Kier alpha value is -0.0100. The second-order valence-corrected chi connectivity index (χ2v) is 6.15. The average Bonchev–Trinajstić information content (AvgIpc) is 2.15. The Morgan fingerprint density at radius 1 is 1.33 bits per heavy atom. The van der Waals surface area contributed by atoms with Crippen LogP contribution in [0.15, 0.2) is 0 Å². The van der Waals surface area contributed by atoms with E-state index in [0.717, 1.165) is 0 Å². The van der Waals surface area contributed by atoms with Gasteiger partial charge in [0.05, 0.1) is 40.5 Å². The first kappa shape index (κ1) is 20.3. The Labute approximate surface area is 109 Å². The van der Waals surface area contributed by atoms with Gasteiger partial charge in [-0.25, -0.2) is 0 Å². The molecule has 0 aliphatic rings. The second-order valence-electron chi connectivity index (χ2n) is 4.74. The minimum Gasteiger partial charge on any atom is -0.756 e. The molecule has 2 unspecified atom stereocenters. The Morgan fingerprint density at radius 3 is 2.06 bits per heavy atom. The Morgan fingerprint density at radius 2 is 1.78 bits per heavy atom. The molecule has 0 aromatic carbocycles. The van der Waals surface area contributed by atoms with E-state index in [-0.39, 0.29) is 19.8 Å². The highest BCUT2D eigenvalue weighted by Gasteiger charge is 2.11. The molecule has 0 aromatic heterocycles. The van der Waals surface area contributed by atoms with Gasteiger partial charge in [0.1, 0.15) is 13.2 Å². The first-order valence-electron chi connectivity index (χ1n) is 5.73. The first-order chi connectivity index (χ1) is 8.04. The van der Waals surface area contributed by atoms with E-state index in [0.29, 0.717) is 11.0 Å². The van der Waals surface area contributed by atoms with Crippen LogP contribution in [0.3, 0.4) is 0 Å². The fourth-order valence-electron chi connectivity index (χ4n) is 0.622. The smallest absolute Gasteiger partial charge is 0.268 e. The van der Waals surface area contributed by atoms with Crippen molar-refractivity contribution in [1.82, 2.24) is 0 Å². The molecule has 0 amide bonds. The van der Waals surface area contributed by atoms with Gasteiger partial charge < -0.3 is 28.6 Å². The number of phosphoric ester groups is 1. The first-order valence-corrected chi connectivity index (χ1v) is 7.19. The van der Waals surface area contributed by atoms with Crippen LogP contribution in [0, 0.1) is 0 Å². The van der Waals surface area contributed by atoms with Crippen LogP contribution in [0.4, 0.5) is 0 Å². The van der Waals surface area contributed by atoms with E-state index in [1.54, 1.807) is 6.92 Å². The normalized spacial score (nSPS) is 16.4. The predicted octanol–water partition coefficient (Wildman–Crippen LogP) is -0.426. The largest absolute Gasteiger partial charge is 0.756 e. The number of hydrogen-bond acceptors (Lipinski definition) is 6. The van der Waals surface area contributed by atoms with E-state index < -0.39 is 13.9 Å². The van der Waals surface area contributed by atoms with Crippen molar-refractivity contribution in [2.75, 3.05) is 47.5 Å². The number of rotatable bonds is 7. The summed E-state index contributed by atoms with van der Waals surface area (Å²) in [6.45, 7) is 3.89. The highest BCUT2D eigenvalue weighted by atomic mass is 31.2. The van der Waals surface area contributed by atoms with Gasteiger partial charge in [-0.15, -0.1) is 0 Å². The molecule has 0 aliphatic carbocycles. The molecule has 0 radical (unpaired) electrons. The number of aliphatic hydroxyl groups excluding tert-OH is 2. The van der Waals surface area contributed by atoms with Crippen LogP contribution in [-0.4, -0.2) is 68.3 Å². The lowest BCUT2D eigenvalue weighted by atomic mass is 10.5. The van der Waals surface area contributed by atoms with Crippen molar-refractivity contribution in [3.63, 3.8) is 0 Å². The molecule has 112 valence electrons.